The van der Waals surface area contributed by atoms with Gasteiger partial charge >= 0.3 is 0 Å². The van der Waals surface area contributed by atoms with Crippen LogP contribution in [0.25, 0.3) is 0 Å². The Morgan fingerprint density at radius 1 is 0.962 bits per heavy atom. The van der Waals surface area contributed by atoms with Gasteiger partial charge in [-0.1, -0.05) is 18.2 Å². The van der Waals surface area contributed by atoms with Crippen molar-refractivity contribution < 1.29 is 18.0 Å². The fraction of sp³-hybridized carbons (Fsp3) is 0.0526. The Bertz CT molecular complexity index is 947. The highest BCUT2D eigenvalue weighted by Crippen LogP contribution is 2.20. The van der Waals surface area contributed by atoms with E-state index in [4.69, 9.17) is 0 Å². The monoisotopic (exact) mass is 357 g/mol. The first kappa shape index (κ1) is 17.5. The zero-order chi connectivity index (χ0) is 18.5. The van der Waals surface area contributed by atoms with Gasteiger partial charge in [0.15, 0.2) is 0 Å². The molecule has 4 nitrogen and oxygen atoms in total. The maximum atomic E-state index is 13.7. The average molecular weight is 357 g/mol. The summed E-state index contributed by atoms with van der Waals surface area (Å²) in [4.78, 5) is 16.2. The number of halogens is 3. The molecule has 26 heavy (non-hydrogen) atoms. The molecule has 2 N–H and O–H groups in total. The van der Waals surface area contributed by atoms with Crippen LogP contribution in [0.4, 0.5) is 24.7 Å². The van der Waals surface area contributed by atoms with Crippen LogP contribution in [-0.4, -0.2) is 10.9 Å². The highest BCUT2D eigenvalue weighted by atomic mass is 19.1. The maximum Gasteiger partial charge on any atom is 0.251 e. The Labute approximate surface area is 147 Å². The number of rotatable bonds is 5. The summed E-state index contributed by atoms with van der Waals surface area (Å²) in [6, 6.07) is 12.1. The van der Waals surface area contributed by atoms with E-state index < -0.39 is 23.4 Å². The third-order valence-corrected chi connectivity index (χ3v) is 3.61. The van der Waals surface area contributed by atoms with Gasteiger partial charge in [-0.15, -0.1) is 0 Å². The van der Waals surface area contributed by atoms with Crippen molar-refractivity contribution in [1.29, 1.82) is 0 Å². The number of hydrogen-bond donors (Lipinski definition) is 2. The summed E-state index contributed by atoms with van der Waals surface area (Å²) in [5.41, 5.74) is 0.658. The number of amides is 1. The fourth-order valence-electron chi connectivity index (χ4n) is 2.29. The average Bonchev–Trinajstić information content (AvgIpc) is 2.63. The number of hydrogen-bond acceptors (Lipinski definition) is 3. The van der Waals surface area contributed by atoms with E-state index in [1.807, 2.05) is 0 Å². The molecule has 0 bridgehead atoms. The van der Waals surface area contributed by atoms with E-state index in [2.05, 4.69) is 15.6 Å². The molecule has 0 unspecified atom stereocenters. The smallest absolute Gasteiger partial charge is 0.251 e. The number of pyridine rings is 1. The van der Waals surface area contributed by atoms with Crippen LogP contribution in [0.5, 0.6) is 0 Å². The Morgan fingerprint density at radius 3 is 2.54 bits per heavy atom. The van der Waals surface area contributed by atoms with Gasteiger partial charge in [0.1, 0.15) is 23.3 Å². The van der Waals surface area contributed by atoms with Gasteiger partial charge in [-0.2, -0.15) is 0 Å². The molecular formula is C19H14F3N3O. The highest BCUT2D eigenvalue weighted by molar-refractivity contribution is 5.94. The molecule has 0 radical (unpaired) electrons. The van der Waals surface area contributed by atoms with Crippen LogP contribution < -0.4 is 10.6 Å². The van der Waals surface area contributed by atoms with Crippen LogP contribution >= 0.6 is 0 Å². The van der Waals surface area contributed by atoms with E-state index in [1.165, 1.54) is 30.5 Å². The third kappa shape index (κ3) is 4.18. The second-order valence-corrected chi connectivity index (χ2v) is 5.45. The molecule has 0 aliphatic heterocycles. The van der Waals surface area contributed by atoms with Crippen molar-refractivity contribution in [3.8, 4) is 0 Å². The molecule has 3 rings (SSSR count). The molecule has 1 heterocycles. The molecule has 0 spiro atoms. The number of aromatic nitrogens is 1. The van der Waals surface area contributed by atoms with E-state index in [-0.39, 0.29) is 23.6 Å². The van der Waals surface area contributed by atoms with E-state index >= 15 is 0 Å². The minimum absolute atomic E-state index is 0.0304. The molecule has 1 amide bonds. The molecule has 1 aromatic heterocycles. The van der Waals surface area contributed by atoms with Gasteiger partial charge in [0.2, 0.25) is 0 Å². The van der Waals surface area contributed by atoms with Gasteiger partial charge in [0, 0.05) is 29.9 Å². The molecule has 0 aliphatic carbocycles. The summed E-state index contributed by atoms with van der Waals surface area (Å²) in [6.07, 6.45) is 1.38. The Kier molecular flexibility index (Phi) is 5.17. The van der Waals surface area contributed by atoms with Gasteiger partial charge in [0.25, 0.3) is 5.91 Å². The molecule has 0 saturated heterocycles. The first-order valence-electron chi connectivity index (χ1n) is 7.72. The summed E-state index contributed by atoms with van der Waals surface area (Å²) >= 11 is 0. The summed E-state index contributed by atoms with van der Waals surface area (Å²) in [6.45, 7) is 0.0309. The van der Waals surface area contributed by atoms with Crippen molar-refractivity contribution in [2.75, 3.05) is 5.32 Å². The van der Waals surface area contributed by atoms with Crippen LogP contribution in [-0.2, 0) is 6.54 Å². The normalized spacial score (nSPS) is 10.4. The molecule has 0 aliphatic rings. The van der Waals surface area contributed by atoms with Crippen molar-refractivity contribution in [3.63, 3.8) is 0 Å². The number of nitrogens with one attached hydrogen (secondary N) is 2. The number of carbonyl (C=O) groups excluding carboxylic acids is 1. The molecule has 0 atom stereocenters. The largest absolute Gasteiger partial charge is 0.348 e. The topological polar surface area (TPSA) is 54.0 Å². The van der Waals surface area contributed by atoms with Crippen LogP contribution in [0.1, 0.15) is 15.9 Å². The van der Waals surface area contributed by atoms with Crippen molar-refractivity contribution in [3.05, 3.63) is 89.4 Å². The third-order valence-electron chi connectivity index (χ3n) is 3.61. The van der Waals surface area contributed by atoms with Crippen molar-refractivity contribution in [2.24, 2.45) is 0 Å². The standard InChI is InChI=1S/C19H14F3N3O/c20-14-5-6-17(16(22)10-14)25-18-9-12(7-8-23-18)19(26)24-11-13-3-1-2-4-15(13)21/h1-10H,11H2,(H,23,25)(H,24,26). The SMILES string of the molecule is O=C(NCc1ccccc1F)c1ccnc(Nc2ccc(F)cc2F)c1. The Balaban J connectivity index is 1.70. The van der Waals surface area contributed by atoms with Crippen LogP contribution in [0.2, 0.25) is 0 Å². The zero-order valence-corrected chi connectivity index (χ0v) is 13.5. The minimum Gasteiger partial charge on any atom is -0.348 e. The van der Waals surface area contributed by atoms with Crippen molar-refractivity contribution in [1.82, 2.24) is 10.3 Å². The quantitative estimate of drug-likeness (QED) is 0.721. The zero-order valence-electron chi connectivity index (χ0n) is 13.5. The summed E-state index contributed by atoms with van der Waals surface area (Å²) < 4.78 is 40.2. The summed E-state index contributed by atoms with van der Waals surface area (Å²) in [5.74, 6) is -2.09. The molecular weight excluding hydrogens is 343 g/mol. The number of benzene rings is 2. The fourth-order valence-corrected chi connectivity index (χ4v) is 2.29. The number of carbonyl (C=O) groups is 1. The lowest BCUT2D eigenvalue weighted by molar-refractivity contribution is 0.0950. The summed E-state index contributed by atoms with van der Waals surface area (Å²) in [7, 11) is 0. The van der Waals surface area contributed by atoms with E-state index in [0.717, 1.165) is 12.1 Å². The minimum atomic E-state index is -0.777. The number of anilines is 2. The lowest BCUT2D eigenvalue weighted by atomic mass is 10.2. The van der Waals surface area contributed by atoms with Gasteiger partial charge in [-0.25, -0.2) is 18.2 Å². The maximum absolute atomic E-state index is 13.7. The molecule has 7 heteroatoms. The van der Waals surface area contributed by atoms with E-state index in [1.54, 1.807) is 18.2 Å². The first-order valence-corrected chi connectivity index (χ1v) is 7.72. The molecule has 0 saturated carbocycles. The Morgan fingerprint density at radius 2 is 1.77 bits per heavy atom. The van der Waals surface area contributed by atoms with Crippen LogP contribution in [0.15, 0.2) is 60.8 Å². The van der Waals surface area contributed by atoms with Crippen molar-refractivity contribution >= 4 is 17.4 Å². The Hall–Kier alpha value is -3.35. The van der Waals surface area contributed by atoms with E-state index in [9.17, 15) is 18.0 Å². The summed E-state index contributed by atoms with van der Waals surface area (Å²) in [5, 5.41) is 5.29. The second-order valence-electron chi connectivity index (χ2n) is 5.45. The van der Waals surface area contributed by atoms with Gasteiger partial charge in [0.05, 0.1) is 5.69 Å². The van der Waals surface area contributed by atoms with E-state index in [0.29, 0.717) is 5.56 Å². The number of nitrogens with zero attached hydrogens (tertiary/aromatic N) is 1. The predicted octanol–water partition coefficient (Wildman–Crippen LogP) is 4.17. The molecule has 2 aromatic carbocycles. The van der Waals surface area contributed by atoms with Gasteiger partial charge in [-0.3, -0.25) is 4.79 Å². The second kappa shape index (κ2) is 7.69. The van der Waals surface area contributed by atoms with Crippen LogP contribution in [0.3, 0.4) is 0 Å². The molecule has 0 fully saturated rings. The van der Waals surface area contributed by atoms with Crippen molar-refractivity contribution in [2.45, 2.75) is 6.54 Å². The predicted molar refractivity (Wildman–Crippen MR) is 91.4 cm³/mol. The molecule has 132 valence electrons. The first-order chi connectivity index (χ1) is 12.5. The lowest BCUT2D eigenvalue weighted by Gasteiger charge is -2.09. The van der Waals surface area contributed by atoms with Crippen LogP contribution in [0, 0.1) is 17.5 Å². The van der Waals surface area contributed by atoms with Gasteiger partial charge in [-0.05, 0) is 30.3 Å². The molecule has 3 aromatic rings. The lowest BCUT2D eigenvalue weighted by Crippen LogP contribution is -2.23. The van der Waals surface area contributed by atoms with Gasteiger partial charge < -0.3 is 10.6 Å². The highest BCUT2D eigenvalue weighted by Gasteiger charge is 2.10.